The predicted molar refractivity (Wildman–Crippen MR) is 97.0 cm³/mol. The van der Waals surface area contributed by atoms with Crippen LogP contribution in [0.4, 0.5) is 22.0 Å². The number of benzene rings is 1. The molecule has 1 fully saturated rings. The Morgan fingerprint density at radius 2 is 1.90 bits per heavy atom. The Hall–Kier alpha value is -2.99. The number of hydrogen-bond donors (Lipinski definition) is 2. The molecule has 1 aliphatic heterocycles. The Balaban J connectivity index is 1.79. The van der Waals surface area contributed by atoms with Gasteiger partial charge in [0.25, 0.3) is 17.9 Å². The summed E-state index contributed by atoms with van der Waals surface area (Å²) in [7, 11) is 0. The van der Waals surface area contributed by atoms with Crippen LogP contribution in [0.5, 0.6) is 5.75 Å². The number of nitrogens with one attached hydrogen (secondary N) is 1. The first-order chi connectivity index (χ1) is 14.6. The second-order valence-corrected chi connectivity index (χ2v) is 6.67. The first-order valence-electron chi connectivity index (χ1n) is 8.95. The topological polar surface area (TPSA) is 104 Å². The predicted octanol–water partition coefficient (Wildman–Crippen LogP) is 2.59. The Kier molecular flexibility index (Phi) is 6.60. The molecule has 31 heavy (non-hydrogen) atoms. The molecule has 1 aliphatic rings. The number of aromatic nitrogens is 1. The molecule has 3 rings (SSSR count). The molecule has 0 spiro atoms. The van der Waals surface area contributed by atoms with Crippen LogP contribution < -0.4 is 16.0 Å². The lowest BCUT2D eigenvalue weighted by atomic mass is 10.0. The molecular weight excluding hydrogens is 431 g/mol. The Bertz CT molecular complexity index is 991. The van der Waals surface area contributed by atoms with Crippen molar-refractivity contribution in [3.63, 3.8) is 0 Å². The van der Waals surface area contributed by atoms with Crippen LogP contribution >= 0.6 is 0 Å². The largest absolute Gasteiger partial charge is 0.491 e. The lowest BCUT2D eigenvalue weighted by molar-refractivity contribution is -0.187. The average Bonchev–Trinajstić information content (AvgIpc) is 2.72. The molecule has 2 aromatic rings. The monoisotopic (exact) mass is 448 g/mol. The molecule has 2 unspecified atom stereocenters. The Morgan fingerprint density at radius 1 is 1.23 bits per heavy atom. The number of rotatable bonds is 6. The van der Waals surface area contributed by atoms with Gasteiger partial charge in [-0.15, -0.1) is 0 Å². The number of carbonyl (C=O) groups is 1. The van der Waals surface area contributed by atoms with E-state index >= 15 is 0 Å². The molecule has 0 bridgehead atoms. The lowest BCUT2D eigenvalue weighted by Gasteiger charge is -2.29. The van der Waals surface area contributed by atoms with E-state index in [2.05, 4.69) is 0 Å². The standard InChI is InChI=1S/C19H17F5N2O5/c20-16(21)14-8-29-6-11(31-14)7-30-10-3-1-9(2-4-10)12-5-13(17(25)27)18(28)26-15(12)19(22,23)24/h1-5,11,14,16H,6-8H2,(H2,25,27)(H,26,28). The van der Waals surface area contributed by atoms with E-state index in [9.17, 15) is 31.5 Å². The fraction of sp³-hybridized carbons (Fsp3) is 0.368. The number of carbonyl (C=O) groups excluding carboxylic acids is 1. The zero-order valence-corrected chi connectivity index (χ0v) is 15.7. The molecular formula is C19H17F5N2O5. The van der Waals surface area contributed by atoms with E-state index in [4.69, 9.17) is 19.9 Å². The molecule has 2 heterocycles. The molecule has 12 heteroatoms. The number of pyridine rings is 1. The normalized spacial score (nSPS) is 19.4. The van der Waals surface area contributed by atoms with Gasteiger partial charge in [-0.05, 0) is 23.8 Å². The van der Waals surface area contributed by atoms with Crippen molar-refractivity contribution in [2.45, 2.75) is 24.8 Å². The van der Waals surface area contributed by atoms with Crippen molar-refractivity contribution in [1.29, 1.82) is 0 Å². The number of primary amides is 1. The number of H-pyrrole nitrogens is 1. The quantitative estimate of drug-likeness (QED) is 0.662. The third kappa shape index (κ3) is 5.39. The number of halogens is 5. The smallest absolute Gasteiger partial charge is 0.431 e. The highest BCUT2D eigenvalue weighted by atomic mass is 19.4. The summed E-state index contributed by atoms with van der Waals surface area (Å²) in [5.41, 5.74) is 1.44. The molecule has 1 aromatic carbocycles. The van der Waals surface area contributed by atoms with E-state index in [1.54, 1.807) is 4.98 Å². The van der Waals surface area contributed by atoms with Crippen molar-refractivity contribution in [1.82, 2.24) is 4.98 Å². The number of aromatic amines is 1. The minimum atomic E-state index is -4.89. The SMILES string of the molecule is NC(=O)c1cc(-c2ccc(OCC3COCC(C(F)F)O3)cc2)c(C(F)(F)F)[nH]c1=O. The van der Waals surface area contributed by atoms with E-state index < -0.39 is 53.1 Å². The summed E-state index contributed by atoms with van der Waals surface area (Å²) in [6.07, 6.45) is -9.68. The molecule has 3 N–H and O–H groups in total. The zero-order valence-electron chi connectivity index (χ0n) is 15.7. The third-order valence-electron chi connectivity index (χ3n) is 4.43. The van der Waals surface area contributed by atoms with Gasteiger partial charge in [0.05, 0.1) is 13.2 Å². The highest BCUT2D eigenvalue weighted by Gasteiger charge is 2.36. The van der Waals surface area contributed by atoms with Gasteiger partial charge in [-0.1, -0.05) is 12.1 Å². The van der Waals surface area contributed by atoms with Crippen molar-refractivity contribution >= 4 is 5.91 Å². The molecule has 168 valence electrons. The van der Waals surface area contributed by atoms with Crippen molar-refractivity contribution < 1.29 is 41.0 Å². The van der Waals surface area contributed by atoms with Crippen LogP contribution in [0, 0.1) is 0 Å². The number of ether oxygens (including phenoxy) is 3. The summed E-state index contributed by atoms with van der Waals surface area (Å²) in [5.74, 6) is -0.937. The summed E-state index contributed by atoms with van der Waals surface area (Å²) in [6.45, 7) is -0.277. The molecule has 0 radical (unpaired) electrons. The molecule has 1 saturated heterocycles. The first-order valence-corrected chi connectivity index (χ1v) is 8.95. The Morgan fingerprint density at radius 3 is 2.48 bits per heavy atom. The summed E-state index contributed by atoms with van der Waals surface area (Å²) in [6, 6.07) is 6.03. The summed E-state index contributed by atoms with van der Waals surface area (Å²) in [4.78, 5) is 24.7. The van der Waals surface area contributed by atoms with Crippen molar-refractivity contribution in [2.75, 3.05) is 19.8 Å². The molecule has 0 saturated carbocycles. The summed E-state index contributed by atoms with van der Waals surface area (Å²) in [5, 5.41) is 0. The van der Waals surface area contributed by atoms with Crippen LogP contribution in [0.15, 0.2) is 35.1 Å². The lowest BCUT2D eigenvalue weighted by Crippen LogP contribution is -2.42. The van der Waals surface area contributed by atoms with E-state index in [0.717, 1.165) is 6.07 Å². The number of hydrogen-bond acceptors (Lipinski definition) is 5. The molecule has 2 atom stereocenters. The van der Waals surface area contributed by atoms with Gasteiger partial charge in [0.1, 0.15) is 35.8 Å². The van der Waals surface area contributed by atoms with Crippen LogP contribution in [0.3, 0.4) is 0 Å². The van der Waals surface area contributed by atoms with Crippen LogP contribution in [0.1, 0.15) is 16.1 Å². The van der Waals surface area contributed by atoms with Gasteiger partial charge in [0.2, 0.25) is 0 Å². The van der Waals surface area contributed by atoms with E-state index in [0.29, 0.717) is 0 Å². The molecule has 1 amide bonds. The molecule has 0 aliphatic carbocycles. The van der Waals surface area contributed by atoms with Gasteiger partial charge in [0, 0.05) is 5.56 Å². The fourth-order valence-electron chi connectivity index (χ4n) is 2.95. The number of alkyl halides is 5. The third-order valence-corrected chi connectivity index (χ3v) is 4.43. The maximum Gasteiger partial charge on any atom is 0.431 e. The van der Waals surface area contributed by atoms with Crippen LogP contribution in [0.2, 0.25) is 0 Å². The van der Waals surface area contributed by atoms with Gasteiger partial charge >= 0.3 is 6.18 Å². The maximum absolute atomic E-state index is 13.4. The average molecular weight is 448 g/mol. The van der Waals surface area contributed by atoms with Crippen LogP contribution in [-0.2, 0) is 15.7 Å². The minimum Gasteiger partial charge on any atom is -0.491 e. The zero-order chi connectivity index (χ0) is 22.8. The fourth-order valence-corrected chi connectivity index (χ4v) is 2.95. The maximum atomic E-state index is 13.4. The summed E-state index contributed by atoms with van der Waals surface area (Å²) < 4.78 is 81.1. The van der Waals surface area contributed by atoms with E-state index in [-0.39, 0.29) is 31.1 Å². The van der Waals surface area contributed by atoms with Gasteiger partial charge in [0.15, 0.2) is 0 Å². The van der Waals surface area contributed by atoms with Gasteiger partial charge in [-0.25, -0.2) is 8.78 Å². The van der Waals surface area contributed by atoms with Gasteiger partial charge in [-0.3, -0.25) is 9.59 Å². The highest BCUT2D eigenvalue weighted by Crippen LogP contribution is 2.35. The number of amides is 1. The minimum absolute atomic E-state index is 0.0356. The second-order valence-electron chi connectivity index (χ2n) is 6.67. The van der Waals surface area contributed by atoms with Gasteiger partial charge in [-0.2, -0.15) is 13.2 Å². The van der Waals surface area contributed by atoms with E-state index in [1.165, 1.54) is 24.3 Å². The number of nitrogens with two attached hydrogens (primary N) is 1. The Labute approximate surface area is 171 Å². The molecule has 7 nitrogen and oxygen atoms in total. The van der Waals surface area contributed by atoms with Crippen molar-refractivity contribution in [3.05, 3.63) is 51.9 Å². The van der Waals surface area contributed by atoms with Gasteiger partial charge < -0.3 is 24.9 Å². The first kappa shape index (κ1) is 22.7. The van der Waals surface area contributed by atoms with Crippen LogP contribution in [-0.4, -0.2) is 49.3 Å². The van der Waals surface area contributed by atoms with E-state index in [1.807, 2.05) is 0 Å². The van der Waals surface area contributed by atoms with Crippen molar-refractivity contribution in [3.8, 4) is 16.9 Å². The molecule has 1 aromatic heterocycles. The second kappa shape index (κ2) is 9.02. The van der Waals surface area contributed by atoms with Crippen LogP contribution in [0.25, 0.3) is 11.1 Å². The highest BCUT2D eigenvalue weighted by molar-refractivity contribution is 5.93. The van der Waals surface area contributed by atoms with Crippen molar-refractivity contribution in [2.24, 2.45) is 5.73 Å². The summed E-state index contributed by atoms with van der Waals surface area (Å²) >= 11 is 0.